The number of aliphatic hydroxyl groups is 2. The molecule has 0 fully saturated rings. The third-order valence-corrected chi connectivity index (χ3v) is 1.99. The Morgan fingerprint density at radius 3 is 1.56 bits per heavy atom. The molecular weight excluding hydrogens is 240 g/mol. The molecular formula is C10H20N4O4. The number of carbonyl (C=O) groups excluding carboxylic acids is 2. The molecule has 0 spiro atoms. The summed E-state index contributed by atoms with van der Waals surface area (Å²) in [5.74, 6) is -0.730. The van der Waals surface area contributed by atoms with Crippen molar-refractivity contribution in [2.45, 2.75) is 25.9 Å². The normalized spacial score (nSPS) is 14.2. The minimum Gasteiger partial charge on any atom is -0.395 e. The Bertz CT molecular complexity index is 268. The van der Waals surface area contributed by atoms with Gasteiger partial charge in [0.25, 0.3) is 0 Å². The number of nitrogens with one attached hydrogen (secondary N) is 2. The van der Waals surface area contributed by atoms with Gasteiger partial charge < -0.3 is 20.8 Å². The van der Waals surface area contributed by atoms with Gasteiger partial charge in [-0.25, -0.2) is 0 Å². The molecule has 0 aromatic heterocycles. The van der Waals surface area contributed by atoms with Crippen LogP contribution in [0.25, 0.3) is 0 Å². The van der Waals surface area contributed by atoms with Crippen LogP contribution < -0.4 is 10.6 Å². The highest BCUT2D eigenvalue weighted by Gasteiger charge is 2.14. The standard InChI is InChI=1S/C10H20N4O4/c1-7(9(17)11-3-5-15)13-14-8(2)10(18)12-4-6-16/h7-8,15-16H,3-6H2,1-2H3,(H,11,17)(H,12,18). The lowest BCUT2D eigenvalue weighted by atomic mass is 10.3. The molecule has 18 heavy (non-hydrogen) atoms. The molecule has 0 aromatic carbocycles. The second-order valence-electron chi connectivity index (χ2n) is 3.61. The van der Waals surface area contributed by atoms with Crippen LogP contribution in [0.4, 0.5) is 0 Å². The van der Waals surface area contributed by atoms with Crippen LogP contribution in [-0.2, 0) is 9.59 Å². The lowest BCUT2D eigenvalue weighted by Gasteiger charge is -2.08. The lowest BCUT2D eigenvalue weighted by Crippen LogP contribution is -2.35. The van der Waals surface area contributed by atoms with Crippen LogP contribution in [0, 0.1) is 0 Å². The number of hydrogen-bond donors (Lipinski definition) is 4. The maximum atomic E-state index is 11.3. The molecule has 4 N–H and O–H groups in total. The van der Waals surface area contributed by atoms with Gasteiger partial charge in [0.1, 0.15) is 12.1 Å². The van der Waals surface area contributed by atoms with Crippen LogP contribution in [0.15, 0.2) is 10.2 Å². The van der Waals surface area contributed by atoms with E-state index < -0.39 is 12.1 Å². The fourth-order valence-corrected chi connectivity index (χ4v) is 0.958. The summed E-state index contributed by atoms with van der Waals surface area (Å²) >= 11 is 0. The van der Waals surface area contributed by atoms with Gasteiger partial charge in [-0.05, 0) is 13.8 Å². The molecule has 0 aliphatic carbocycles. The number of rotatable bonds is 8. The van der Waals surface area contributed by atoms with E-state index in [0.29, 0.717) is 0 Å². The van der Waals surface area contributed by atoms with Gasteiger partial charge in [0.2, 0.25) is 11.8 Å². The van der Waals surface area contributed by atoms with Crippen molar-refractivity contribution in [1.82, 2.24) is 10.6 Å². The van der Waals surface area contributed by atoms with Crippen LogP contribution in [0.1, 0.15) is 13.8 Å². The molecule has 2 atom stereocenters. The molecule has 0 bridgehead atoms. The van der Waals surface area contributed by atoms with E-state index >= 15 is 0 Å². The Kier molecular flexibility index (Phi) is 8.67. The van der Waals surface area contributed by atoms with Gasteiger partial charge in [-0.1, -0.05) is 0 Å². The van der Waals surface area contributed by atoms with Gasteiger partial charge in [-0.2, -0.15) is 10.2 Å². The molecule has 8 heteroatoms. The minimum atomic E-state index is -0.718. The van der Waals surface area contributed by atoms with Crippen LogP contribution in [0.2, 0.25) is 0 Å². The predicted octanol–water partition coefficient (Wildman–Crippen LogP) is -1.57. The van der Waals surface area contributed by atoms with Crippen molar-refractivity contribution in [1.29, 1.82) is 0 Å². The topological polar surface area (TPSA) is 123 Å². The van der Waals surface area contributed by atoms with Crippen molar-refractivity contribution in [2.75, 3.05) is 26.3 Å². The number of aliphatic hydroxyl groups excluding tert-OH is 2. The fourth-order valence-electron chi connectivity index (χ4n) is 0.958. The highest BCUT2D eigenvalue weighted by Crippen LogP contribution is 1.96. The van der Waals surface area contributed by atoms with Gasteiger partial charge in [0.05, 0.1) is 13.2 Å². The zero-order valence-corrected chi connectivity index (χ0v) is 10.6. The Hall–Kier alpha value is -1.54. The highest BCUT2D eigenvalue weighted by atomic mass is 16.3. The van der Waals surface area contributed by atoms with E-state index in [-0.39, 0.29) is 38.1 Å². The summed E-state index contributed by atoms with van der Waals surface area (Å²) < 4.78 is 0. The first-order chi connectivity index (χ1) is 8.52. The van der Waals surface area contributed by atoms with Gasteiger partial charge in [-0.15, -0.1) is 0 Å². The average molecular weight is 260 g/mol. The molecule has 104 valence electrons. The molecule has 0 aliphatic rings. The summed E-state index contributed by atoms with van der Waals surface area (Å²) in [4.78, 5) is 22.7. The minimum absolute atomic E-state index is 0.143. The second kappa shape index (κ2) is 9.49. The van der Waals surface area contributed by atoms with Gasteiger partial charge in [0.15, 0.2) is 0 Å². The number of carbonyl (C=O) groups is 2. The van der Waals surface area contributed by atoms with E-state index in [0.717, 1.165) is 0 Å². The molecule has 0 aromatic rings. The third-order valence-electron chi connectivity index (χ3n) is 1.99. The Morgan fingerprint density at radius 2 is 1.28 bits per heavy atom. The first kappa shape index (κ1) is 16.5. The van der Waals surface area contributed by atoms with E-state index in [1.807, 2.05) is 0 Å². The van der Waals surface area contributed by atoms with Gasteiger partial charge in [0, 0.05) is 13.1 Å². The Balaban J connectivity index is 4.11. The summed E-state index contributed by atoms with van der Waals surface area (Å²) in [6.45, 7) is 3.10. The van der Waals surface area contributed by atoms with E-state index in [9.17, 15) is 9.59 Å². The first-order valence-electron chi connectivity index (χ1n) is 5.70. The second-order valence-corrected chi connectivity index (χ2v) is 3.61. The number of hydrogen-bond acceptors (Lipinski definition) is 6. The average Bonchev–Trinajstić information content (AvgIpc) is 2.38. The Labute approximate surface area is 105 Å². The van der Waals surface area contributed by atoms with E-state index in [1.165, 1.54) is 13.8 Å². The summed E-state index contributed by atoms with van der Waals surface area (Å²) in [5.41, 5.74) is 0. The maximum absolute atomic E-state index is 11.3. The van der Waals surface area contributed by atoms with Gasteiger partial charge in [-0.3, -0.25) is 9.59 Å². The number of nitrogens with zero attached hydrogens (tertiary/aromatic N) is 2. The summed E-state index contributed by atoms with van der Waals surface area (Å²) in [5, 5.41) is 29.4. The SMILES string of the molecule is CC(N=NC(C)C(=O)NCCO)C(=O)NCCO. The van der Waals surface area contributed by atoms with E-state index in [4.69, 9.17) is 10.2 Å². The molecule has 0 heterocycles. The molecule has 8 nitrogen and oxygen atoms in total. The third kappa shape index (κ3) is 6.92. The van der Waals surface area contributed by atoms with Crippen LogP contribution >= 0.6 is 0 Å². The van der Waals surface area contributed by atoms with E-state index in [1.54, 1.807) is 0 Å². The van der Waals surface area contributed by atoms with Crippen molar-refractivity contribution < 1.29 is 19.8 Å². The molecule has 0 radical (unpaired) electrons. The van der Waals surface area contributed by atoms with Crippen molar-refractivity contribution in [3.05, 3.63) is 0 Å². The van der Waals surface area contributed by atoms with Crippen LogP contribution in [-0.4, -0.2) is 60.4 Å². The molecule has 0 saturated carbocycles. The van der Waals surface area contributed by atoms with Crippen LogP contribution in [0.3, 0.4) is 0 Å². The van der Waals surface area contributed by atoms with Crippen molar-refractivity contribution in [2.24, 2.45) is 10.2 Å². The smallest absolute Gasteiger partial charge is 0.246 e. The zero-order chi connectivity index (χ0) is 14.0. The largest absolute Gasteiger partial charge is 0.395 e. The Morgan fingerprint density at radius 1 is 0.944 bits per heavy atom. The number of amides is 2. The molecule has 2 amide bonds. The lowest BCUT2D eigenvalue weighted by molar-refractivity contribution is -0.123. The summed E-state index contributed by atoms with van der Waals surface area (Å²) in [7, 11) is 0. The maximum Gasteiger partial charge on any atom is 0.246 e. The summed E-state index contributed by atoms with van der Waals surface area (Å²) in [6, 6.07) is -1.44. The predicted molar refractivity (Wildman–Crippen MR) is 64.0 cm³/mol. The van der Waals surface area contributed by atoms with Crippen molar-refractivity contribution in [3.8, 4) is 0 Å². The van der Waals surface area contributed by atoms with Crippen molar-refractivity contribution in [3.63, 3.8) is 0 Å². The quantitative estimate of drug-likeness (QED) is 0.394. The fraction of sp³-hybridized carbons (Fsp3) is 0.800. The van der Waals surface area contributed by atoms with E-state index in [2.05, 4.69) is 20.9 Å². The zero-order valence-electron chi connectivity index (χ0n) is 10.6. The molecule has 0 saturated heterocycles. The monoisotopic (exact) mass is 260 g/mol. The highest BCUT2D eigenvalue weighted by molar-refractivity contribution is 5.82. The molecule has 2 unspecified atom stereocenters. The van der Waals surface area contributed by atoms with Gasteiger partial charge >= 0.3 is 0 Å². The van der Waals surface area contributed by atoms with Crippen molar-refractivity contribution >= 4 is 11.8 Å². The summed E-state index contributed by atoms with van der Waals surface area (Å²) in [6.07, 6.45) is 0. The number of azo groups is 1. The first-order valence-corrected chi connectivity index (χ1v) is 5.70. The van der Waals surface area contributed by atoms with Crippen LogP contribution in [0.5, 0.6) is 0 Å². The molecule has 0 rings (SSSR count). The molecule has 0 aliphatic heterocycles.